The van der Waals surface area contributed by atoms with Gasteiger partial charge in [-0.1, -0.05) is 60.2 Å². The highest BCUT2D eigenvalue weighted by atomic mass is 35.5. The average molecular weight is 475 g/mol. The number of nitrogens with zero attached hydrogens (tertiary/aromatic N) is 1. The second-order valence-corrected chi connectivity index (χ2v) is 11.1. The molecule has 4 aromatic rings. The topological polar surface area (TPSA) is 51.1 Å². The van der Waals surface area contributed by atoms with E-state index in [1.165, 1.54) is 5.56 Å². The van der Waals surface area contributed by atoms with Crippen LogP contribution in [0.2, 0.25) is 5.02 Å². The van der Waals surface area contributed by atoms with E-state index >= 15 is 0 Å². The third kappa shape index (κ3) is 3.14. The van der Waals surface area contributed by atoms with Crippen LogP contribution in [0.5, 0.6) is 0 Å². The zero-order valence-electron chi connectivity index (χ0n) is 18.1. The Balaban J connectivity index is 1.59. The van der Waals surface area contributed by atoms with Crippen molar-refractivity contribution < 1.29 is 8.42 Å². The van der Waals surface area contributed by atoms with Gasteiger partial charge >= 0.3 is 0 Å². The van der Waals surface area contributed by atoms with E-state index in [0.717, 1.165) is 33.8 Å². The Labute approximate surface area is 198 Å². The maximum atomic E-state index is 13.9. The van der Waals surface area contributed by atoms with Crippen molar-refractivity contribution in [3.63, 3.8) is 0 Å². The number of allylic oxidation sites excluding steroid dienone is 2. The fourth-order valence-corrected chi connectivity index (χ4v) is 7.33. The minimum atomic E-state index is -3.79. The van der Waals surface area contributed by atoms with E-state index in [1.54, 1.807) is 28.2 Å². The van der Waals surface area contributed by atoms with Crippen LogP contribution in [0.25, 0.3) is 10.9 Å². The first kappa shape index (κ1) is 20.6. The van der Waals surface area contributed by atoms with Gasteiger partial charge < -0.3 is 5.32 Å². The van der Waals surface area contributed by atoms with E-state index in [0.29, 0.717) is 5.52 Å². The molecule has 33 heavy (non-hydrogen) atoms. The smallest absolute Gasteiger partial charge is 0.268 e. The average Bonchev–Trinajstić information content (AvgIpc) is 3.45. The van der Waals surface area contributed by atoms with Crippen LogP contribution in [-0.4, -0.2) is 12.4 Å². The van der Waals surface area contributed by atoms with Gasteiger partial charge in [0.15, 0.2) is 0 Å². The summed E-state index contributed by atoms with van der Waals surface area (Å²) >= 11 is 6.40. The fourth-order valence-electron chi connectivity index (χ4n) is 5.47. The van der Waals surface area contributed by atoms with Gasteiger partial charge in [-0.2, -0.15) is 0 Å². The predicted molar refractivity (Wildman–Crippen MR) is 134 cm³/mol. The van der Waals surface area contributed by atoms with Crippen LogP contribution >= 0.6 is 11.6 Å². The summed E-state index contributed by atoms with van der Waals surface area (Å²) in [5.74, 6) is 0.388. The molecule has 0 fully saturated rings. The Morgan fingerprint density at radius 3 is 2.58 bits per heavy atom. The van der Waals surface area contributed by atoms with Crippen molar-refractivity contribution in [3.05, 3.63) is 107 Å². The summed E-state index contributed by atoms with van der Waals surface area (Å²) in [5, 5.41) is 5.36. The fraction of sp³-hybridized carbons (Fsp3) is 0.185. The molecule has 0 spiro atoms. The molecular formula is C27H23ClN2O2S. The standard InChI is InChI=1S/C27H23ClN2O2S/c1-17-14-19(28)16-23-21-11-7-12-22(21)27(29-26(17)23)25-15-18-8-5-6-13-24(18)30(25)33(31,32)20-9-3-2-4-10-20/h2-11,13-16,21-22,27,29H,12H2,1H3/t21-,22+,27-/m0/s1. The Hall–Kier alpha value is -3.02. The molecule has 0 radical (unpaired) electrons. The van der Waals surface area contributed by atoms with Crippen LogP contribution < -0.4 is 5.32 Å². The number of anilines is 1. The third-order valence-electron chi connectivity index (χ3n) is 6.92. The summed E-state index contributed by atoms with van der Waals surface area (Å²) < 4.78 is 29.4. The van der Waals surface area contributed by atoms with Crippen LogP contribution in [-0.2, 0) is 10.0 Å². The van der Waals surface area contributed by atoms with E-state index in [-0.39, 0.29) is 22.8 Å². The lowest BCUT2D eigenvalue weighted by Crippen LogP contribution is -2.32. The molecule has 1 aromatic heterocycles. The van der Waals surface area contributed by atoms with Crippen molar-refractivity contribution in [2.45, 2.75) is 30.2 Å². The second-order valence-electron chi connectivity index (χ2n) is 8.87. The number of halogens is 1. The number of fused-ring (bicyclic) bond motifs is 4. The van der Waals surface area contributed by atoms with Crippen LogP contribution in [0.3, 0.4) is 0 Å². The maximum absolute atomic E-state index is 13.9. The number of hydrogen-bond acceptors (Lipinski definition) is 3. The highest BCUT2D eigenvalue weighted by Gasteiger charge is 2.41. The molecule has 6 rings (SSSR count). The molecule has 4 nitrogen and oxygen atoms in total. The molecule has 1 aliphatic carbocycles. The summed E-state index contributed by atoms with van der Waals surface area (Å²) in [6.45, 7) is 2.05. The molecular weight excluding hydrogens is 452 g/mol. The molecule has 0 amide bonds. The van der Waals surface area contributed by atoms with Crippen molar-refractivity contribution in [1.82, 2.24) is 3.97 Å². The first-order valence-corrected chi connectivity index (χ1v) is 12.9. The number of para-hydroxylation sites is 1. The van der Waals surface area contributed by atoms with E-state index in [9.17, 15) is 8.42 Å². The summed E-state index contributed by atoms with van der Waals surface area (Å²) in [5.41, 5.74) is 4.75. The predicted octanol–water partition coefficient (Wildman–Crippen LogP) is 6.67. The highest BCUT2D eigenvalue weighted by Crippen LogP contribution is 2.52. The molecule has 0 saturated heterocycles. The van der Waals surface area contributed by atoms with Gasteiger partial charge in [-0.3, -0.25) is 0 Å². The van der Waals surface area contributed by atoms with Crippen molar-refractivity contribution >= 4 is 38.2 Å². The van der Waals surface area contributed by atoms with Crippen molar-refractivity contribution in [3.8, 4) is 0 Å². The molecule has 2 heterocycles. The van der Waals surface area contributed by atoms with Crippen molar-refractivity contribution in [2.24, 2.45) is 5.92 Å². The monoisotopic (exact) mass is 474 g/mol. The molecule has 2 aliphatic rings. The lowest BCUT2D eigenvalue weighted by Gasteiger charge is -2.38. The summed E-state index contributed by atoms with van der Waals surface area (Å²) in [6.07, 6.45) is 5.32. The molecule has 0 bridgehead atoms. The van der Waals surface area contributed by atoms with Gasteiger partial charge in [0, 0.05) is 22.0 Å². The molecule has 1 aliphatic heterocycles. The van der Waals surface area contributed by atoms with Gasteiger partial charge in [0.05, 0.1) is 22.1 Å². The van der Waals surface area contributed by atoms with Gasteiger partial charge in [-0.05, 0) is 66.8 Å². The number of hydrogen-bond donors (Lipinski definition) is 1. The second kappa shape index (κ2) is 7.51. The Morgan fingerprint density at radius 2 is 1.76 bits per heavy atom. The number of aromatic nitrogens is 1. The summed E-state index contributed by atoms with van der Waals surface area (Å²) in [7, 11) is -3.79. The third-order valence-corrected chi connectivity index (χ3v) is 8.90. The first-order chi connectivity index (χ1) is 15.9. The molecule has 0 saturated carbocycles. The lowest BCUT2D eigenvalue weighted by atomic mass is 9.77. The minimum absolute atomic E-state index is 0.164. The van der Waals surface area contributed by atoms with E-state index in [4.69, 9.17) is 11.6 Å². The van der Waals surface area contributed by atoms with E-state index in [2.05, 4.69) is 17.5 Å². The van der Waals surface area contributed by atoms with Gasteiger partial charge in [-0.15, -0.1) is 0 Å². The van der Waals surface area contributed by atoms with Crippen molar-refractivity contribution in [2.75, 3.05) is 5.32 Å². The molecule has 1 N–H and O–H groups in total. The zero-order valence-corrected chi connectivity index (χ0v) is 19.6. The normalized spacial score (nSPS) is 21.6. The number of aryl methyl sites for hydroxylation is 1. The van der Waals surface area contributed by atoms with Gasteiger partial charge in [-0.25, -0.2) is 12.4 Å². The van der Waals surface area contributed by atoms with Gasteiger partial charge in [0.2, 0.25) is 0 Å². The van der Waals surface area contributed by atoms with Gasteiger partial charge in [0.25, 0.3) is 10.0 Å². The quantitative estimate of drug-likeness (QED) is 0.337. The summed E-state index contributed by atoms with van der Waals surface area (Å²) in [4.78, 5) is 0.285. The molecule has 3 atom stereocenters. The number of benzene rings is 3. The van der Waals surface area contributed by atoms with E-state index < -0.39 is 10.0 Å². The van der Waals surface area contributed by atoms with Crippen molar-refractivity contribution in [1.29, 1.82) is 0 Å². The Kier molecular flexibility index (Phi) is 4.68. The Morgan fingerprint density at radius 1 is 1.00 bits per heavy atom. The van der Waals surface area contributed by atoms with Crippen LogP contribution in [0.4, 0.5) is 5.69 Å². The maximum Gasteiger partial charge on any atom is 0.268 e. The zero-order chi connectivity index (χ0) is 22.7. The van der Waals surface area contributed by atoms with Crippen LogP contribution in [0, 0.1) is 12.8 Å². The number of nitrogens with one attached hydrogen (secondary N) is 1. The SMILES string of the molecule is Cc1cc(Cl)cc2c1N[C@H](c1cc3ccccc3n1S(=O)(=O)c1ccccc1)[C@@H]1CC=C[C@H]21. The minimum Gasteiger partial charge on any atom is -0.376 e. The first-order valence-electron chi connectivity index (χ1n) is 11.1. The molecule has 166 valence electrons. The Bertz CT molecular complexity index is 1520. The molecule has 3 aromatic carbocycles. The van der Waals surface area contributed by atoms with E-state index in [1.807, 2.05) is 55.5 Å². The molecule has 0 unspecified atom stereocenters. The van der Waals surface area contributed by atoms with Crippen LogP contribution in [0.15, 0.2) is 89.8 Å². The lowest BCUT2D eigenvalue weighted by molar-refractivity contribution is 0.417. The molecule has 6 heteroatoms. The largest absolute Gasteiger partial charge is 0.376 e. The van der Waals surface area contributed by atoms with Crippen LogP contribution in [0.1, 0.15) is 35.2 Å². The number of rotatable bonds is 3. The highest BCUT2D eigenvalue weighted by molar-refractivity contribution is 7.90. The summed E-state index contributed by atoms with van der Waals surface area (Å²) in [6, 6.07) is 22.2. The van der Waals surface area contributed by atoms with Gasteiger partial charge in [0.1, 0.15) is 0 Å².